The maximum absolute atomic E-state index is 12.2. The number of nitrogens with zero attached hydrogens (tertiary/aromatic N) is 1. The monoisotopic (exact) mass is 307 g/mol. The molecular weight excluding hydrogens is 286 g/mol. The van der Waals surface area contributed by atoms with E-state index in [-0.39, 0.29) is 5.91 Å². The molecule has 1 amide bonds. The molecule has 21 heavy (non-hydrogen) atoms. The van der Waals surface area contributed by atoms with Gasteiger partial charge in [-0.3, -0.25) is 4.79 Å². The van der Waals surface area contributed by atoms with Crippen molar-refractivity contribution in [3.05, 3.63) is 28.8 Å². The van der Waals surface area contributed by atoms with Crippen molar-refractivity contribution < 1.29 is 4.79 Å². The zero-order valence-corrected chi connectivity index (χ0v) is 13.1. The molecule has 2 aliphatic rings. The molecule has 2 aliphatic heterocycles. The minimum atomic E-state index is -0.0665. The third-order valence-electron chi connectivity index (χ3n) is 5.01. The Bertz CT molecular complexity index is 534. The molecule has 0 radical (unpaired) electrons. The quantitative estimate of drug-likeness (QED) is 0.844. The summed E-state index contributed by atoms with van der Waals surface area (Å²) < 4.78 is 0. The van der Waals surface area contributed by atoms with Crippen LogP contribution in [0, 0.1) is 5.92 Å². The largest absolute Gasteiger partial charge is 0.398 e. The number of benzene rings is 1. The van der Waals surface area contributed by atoms with Gasteiger partial charge in [0.15, 0.2) is 0 Å². The van der Waals surface area contributed by atoms with Gasteiger partial charge in [0.25, 0.3) is 5.91 Å². The van der Waals surface area contributed by atoms with Gasteiger partial charge in [-0.1, -0.05) is 11.6 Å². The van der Waals surface area contributed by atoms with E-state index < -0.39 is 0 Å². The van der Waals surface area contributed by atoms with E-state index in [1.165, 1.54) is 25.7 Å². The number of piperidine rings is 1. The second-order valence-electron chi connectivity index (χ2n) is 6.33. The molecule has 2 unspecified atom stereocenters. The summed E-state index contributed by atoms with van der Waals surface area (Å²) in [7, 11) is 2.23. The smallest absolute Gasteiger partial charge is 0.251 e. The maximum Gasteiger partial charge on any atom is 0.251 e. The number of hydrogen-bond acceptors (Lipinski definition) is 3. The number of nitrogen functional groups attached to an aromatic ring is 1. The molecule has 0 spiro atoms. The third kappa shape index (κ3) is 3.01. The summed E-state index contributed by atoms with van der Waals surface area (Å²) in [5.41, 5.74) is 6.74. The van der Waals surface area contributed by atoms with Crippen molar-refractivity contribution in [2.45, 2.75) is 37.8 Å². The Morgan fingerprint density at radius 2 is 2.05 bits per heavy atom. The molecule has 1 aromatic carbocycles. The van der Waals surface area contributed by atoms with Gasteiger partial charge in [0.2, 0.25) is 0 Å². The van der Waals surface area contributed by atoms with E-state index in [1.54, 1.807) is 18.2 Å². The Balaban J connectivity index is 1.55. The first-order valence-electron chi connectivity index (χ1n) is 7.59. The highest BCUT2D eigenvalue weighted by Gasteiger charge is 2.38. The summed E-state index contributed by atoms with van der Waals surface area (Å²) >= 11 is 5.96. The van der Waals surface area contributed by atoms with Gasteiger partial charge in [0.1, 0.15) is 0 Å². The van der Waals surface area contributed by atoms with E-state index in [0.29, 0.717) is 34.3 Å². The van der Waals surface area contributed by atoms with Crippen LogP contribution in [0.2, 0.25) is 5.02 Å². The zero-order chi connectivity index (χ0) is 15.0. The van der Waals surface area contributed by atoms with E-state index >= 15 is 0 Å². The first-order chi connectivity index (χ1) is 10.0. The minimum Gasteiger partial charge on any atom is -0.398 e. The number of rotatable bonds is 3. The molecule has 3 N–H and O–H groups in total. The van der Waals surface area contributed by atoms with E-state index in [0.717, 1.165) is 6.54 Å². The molecule has 0 aliphatic carbocycles. The molecule has 4 nitrogen and oxygen atoms in total. The van der Waals surface area contributed by atoms with Gasteiger partial charge >= 0.3 is 0 Å². The SMILES string of the molecule is CN1C2CCC1CC(CNC(=O)c1ccc(N)c(Cl)c1)C2. The first-order valence-corrected chi connectivity index (χ1v) is 7.97. The lowest BCUT2D eigenvalue weighted by molar-refractivity contribution is 0.0917. The summed E-state index contributed by atoms with van der Waals surface area (Å²) in [5, 5.41) is 3.47. The molecule has 2 atom stereocenters. The Morgan fingerprint density at radius 1 is 1.38 bits per heavy atom. The van der Waals surface area contributed by atoms with E-state index in [9.17, 15) is 4.79 Å². The van der Waals surface area contributed by atoms with Crippen molar-refractivity contribution >= 4 is 23.2 Å². The van der Waals surface area contributed by atoms with Crippen molar-refractivity contribution in [2.75, 3.05) is 19.3 Å². The lowest BCUT2D eigenvalue weighted by Crippen LogP contribution is -2.43. The summed E-state index contributed by atoms with van der Waals surface area (Å²) in [5.74, 6) is 0.523. The van der Waals surface area contributed by atoms with Crippen LogP contribution in [0.15, 0.2) is 18.2 Å². The fourth-order valence-corrected chi connectivity index (χ4v) is 3.88. The second kappa shape index (κ2) is 5.85. The van der Waals surface area contributed by atoms with E-state index in [4.69, 9.17) is 17.3 Å². The number of hydrogen-bond donors (Lipinski definition) is 2. The summed E-state index contributed by atoms with van der Waals surface area (Å²) in [4.78, 5) is 14.7. The van der Waals surface area contributed by atoms with Crippen molar-refractivity contribution in [2.24, 2.45) is 5.92 Å². The molecule has 0 saturated carbocycles. The van der Waals surface area contributed by atoms with E-state index in [1.807, 2.05) is 0 Å². The van der Waals surface area contributed by atoms with Crippen molar-refractivity contribution in [1.29, 1.82) is 0 Å². The number of carbonyl (C=O) groups excluding carboxylic acids is 1. The number of carbonyl (C=O) groups is 1. The number of fused-ring (bicyclic) bond motifs is 2. The van der Waals surface area contributed by atoms with Crippen LogP contribution < -0.4 is 11.1 Å². The average molecular weight is 308 g/mol. The molecule has 3 rings (SSSR count). The zero-order valence-electron chi connectivity index (χ0n) is 12.3. The van der Waals surface area contributed by atoms with Crippen molar-refractivity contribution in [3.63, 3.8) is 0 Å². The average Bonchev–Trinajstić information content (AvgIpc) is 2.69. The normalized spacial score (nSPS) is 28.6. The van der Waals surface area contributed by atoms with Gasteiger partial charge in [-0.2, -0.15) is 0 Å². The standard InChI is InChI=1S/C16H22ClN3O/c1-20-12-3-4-13(20)7-10(6-12)9-19-16(21)11-2-5-15(18)14(17)8-11/h2,5,8,10,12-13H,3-4,6-7,9,18H2,1H3,(H,19,21). The van der Waals surface area contributed by atoms with Gasteiger partial charge < -0.3 is 16.0 Å². The lowest BCUT2D eigenvalue weighted by atomic mass is 9.91. The highest BCUT2D eigenvalue weighted by molar-refractivity contribution is 6.33. The van der Waals surface area contributed by atoms with Crippen LogP contribution >= 0.6 is 11.6 Å². The number of halogens is 1. The summed E-state index contributed by atoms with van der Waals surface area (Å²) in [6.45, 7) is 0.752. The first kappa shape index (κ1) is 14.7. The highest BCUT2D eigenvalue weighted by Crippen LogP contribution is 2.37. The Hall–Kier alpha value is -1.26. The minimum absolute atomic E-state index is 0.0665. The predicted molar refractivity (Wildman–Crippen MR) is 85.5 cm³/mol. The van der Waals surface area contributed by atoms with Crippen LogP contribution in [0.3, 0.4) is 0 Å². The fourth-order valence-electron chi connectivity index (χ4n) is 3.70. The van der Waals surface area contributed by atoms with Crippen LogP contribution in [-0.2, 0) is 0 Å². The van der Waals surface area contributed by atoms with Gasteiger partial charge in [-0.25, -0.2) is 0 Å². The van der Waals surface area contributed by atoms with Crippen molar-refractivity contribution in [1.82, 2.24) is 10.2 Å². The summed E-state index contributed by atoms with van der Waals surface area (Å²) in [6.07, 6.45) is 4.99. The van der Waals surface area contributed by atoms with Crippen molar-refractivity contribution in [3.8, 4) is 0 Å². The van der Waals surface area contributed by atoms with Gasteiger partial charge in [-0.15, -0.1) is 0 Å². The molecule has 2 fully saturated rings. The number of nitrogens with one attached hydrogen (secondary N) is 1. The summed E-state index contributed by atoms with van der Waals surface area (Å²) in [6, 6.07) is 6.43. The third-order valence-corrected chi connectivity index (χ3v) is 5.34. The molecule has 5 heteroatoms. The van der Waals surface area contributed by atoms with E-state index in [2.05, 4.69) is 17.3 Å². The molecule has 2 bridgehead atoms. The molecule has 2 saturated heterocycles. The van der Waals surface area contributed by atoms with Crippen LogP contribution in [0.5, 0.6) is 0 Å². The maximum atomic E-state index is 12.2. The Labute approximate surface area is 130 Å². The molecule has 1 aromatic rings. The second-order valence-corrected chi connectivity index (χ2v) is 6.74. The Kier molecular flexibility index (Phi) is 4.09. The predicted octanol–water partition coefficient (Wildman–Crippen LogP) is 2.52. The van der Waals surface area contributed by atoms with Crippen LogP contribution in [0.25, 0.3) is 0 Å². The van der Waals surface area contributed by atoms with Crippen LogP contribution in [-0.4, -0.2) is 36.5 Å². The van der Waals surface area contributed by atoms with Crippen LogP contribution in [0.1, 0.15) is 36.0 Å². The van der Waals surface area contributed by atoms with Gasteiger partial charge in [0.05, 0.1) is 10.7 Å². The number of amides is 1. The van der Waals surface area contributed by atoms with Gasteiger partial charge in [0, 0.05) is 24.2 Å². The number of anilines is 1. The number of nitrogens with two attached hydrogens (primary N) is 1. The van der Waals surface area contributed by atoms with Gasteiger partial charge in [-0.05, 0) is 56.8 Å². The van der Waals surface area contributed by atoms with Crippen LogP contribution in [0.4, 0.5) is 5.69 Å². The highest BCUT2D eigenvalue weighted by atomic mass is 35.5. The molecule has 2 heterocycles. The molecule has 0 aromatic heterocycles. The lowest BCUT2D eigenvalue weighted by Gasteiger charge is -2.36. The topological polar surface area (TPSA) is 58.4 Å². The molecule has 114 valence electrons. The molecular formula is C16H22ClN3O. The Morgan fingerprint density at radius 3 is 2.67 bits per heavy atom. The fraction of sp³-hybridized carbons (Fsp3) is 0.562.